The molecule has 0 saturated carbocycles. The van der Waals surface area contributed by atoms with Gasteiger partial charge in [-0.15, -0.1) is 0 Å². The van der Waals surface area contributed by atoms with Gasteiger partial charge in [0, 0.05) is 24.7 Å². The number of carbonyl (C=O) groups excluding carboxylic acids is 4. The summed E-state index contributed by atoms with van der Waals surface area (Å²) in [6, 6.07) is 18.9. The van der Waals surface area contributed by atoms with Crippen LogP contribution in [0.25, 0.3) is 0 Å². The predicted molar refractivity (Wildman–Crippen MR) is 115 cm³/mol. The van der Waals surface area contributed by atoms with Crippen LogP contribution in [0.3, 0.4) is 0 Å². The summed E-state index contributed by atoms with van der Waals surface area (Å²) in [5.74, 6) is -2.08. The van der Waals surface area contributed by atoms with Gasteiger partial charge in [-0.05, 0) is 36.4 Å². The van der Waals surface area contributed by atoms with Crippen molar-refractivity contribution >= 4 is 29.4 Å². The molecule has 0 bridgehead atoms. The van der Waals surface area contributed by atoms with E-state index in [2.05, 4.69) is 5.32 Å². The number of carbonyl (C=O) groups is 4. The number of ether oxygens (including phenoxy) is 1. The van der Waals surface area contributed by atoms with Crippen LogP contribution in [-0.4, -0.2) is 40.2 Å². The lowest BCUT2D eigenvalue weighted by atomic mass is 10.1. The molecule has 0 saturated heterocycles. The number of para-hydroxylation sites is 1. The number of benzene rings is 3. The maximum atomic E-state index is 12.4. The third-order valence-electron chi connectivity index (χ3n) is 4.90. The van der Waals surface area contributed by atoms with Crippen LogP contribution in [-0.2, 0) is 4.79 Å². The second-order valence-corrected chi connectivity index (χ2v) is 7.04. The van der Waals surface area contributed by atoms with E-state index in [1.807, 2.05) is 0 Å². The van der Waals surface area contributed by atoms with Crippen molar-refractivity contribution in [1.29, 1.82) is 0 Å². The quantitative estimate of drug-likeness (QED) is 0.353. The first-order valence-electron chi connectivity index (χ1n) is 9.79. The molecule has 160 valence electrons. The van der Waals surface area contributed by atoms with E-state index >= 15 is 0 Å². The molecule has 8 heteroatoms. The Kier molecular flexibility index (Phi) is 5.67. The molecule has 8 nitrogen and oxygen atoms in total. The van der Waals surface area contributed by atoms with Gasteiger partial charge in [0.2, 0.25) is 5.91 Å². The number of fused-ring (bicyclic) bond motifs is 1. The van der Waals surface area contributed by atoms with Crippen molar-refractivity contribution < 1.29 is 29.0 Å². The third kappa shape index (κ3) is 4.20. The topological polar surface area (TPSA) is 113 Å². The average Bonchev–Trinajstić information content (AvgIpc) is 3.03. The van der Waals surface area contributed by atoms with E-state index in [1.165, 1.54) is 18.2 Å². The van der Waals surface area contributed by atoms with Crippen molar-refractivity contribution in [3.8, 4) is 11.5 Å². The van der Waals surface area contributed by atoms with Gasteiger partial charge in [-0.2, -0.15) is 0 Å². The molecular formula is C24H18N2O6. The number of aromatic hydroxyl groups is 1. The van der Waals surface area contributed by atoms with Crippen molar-refractivity contribution in [2.45, 2.75) is 6.42 Å². The molecule has 0 radical (unpaired) electrons. The molecule has 0 unspecified atom stereocenters. The summed E-state index contributed by atoms with van der Waals surface area (Å²) in [5.41, 5.74) is 0.839. The first-order valence-corrected chi connectivity index (χ1v) is 9.79. The molecule has 0 fully saturated rings. The summed E-state index contributed by atoms with van der Waals surface area (Å²) < 4.78 is 5.19. The molecule has 0 aliphatic carbocycles. The van der Waals surface area contributed by atoms with Crippen LogP contribution in [0.4, 0.5) is 5.69 Å². The Bertz CT molecular complexity index is 1190. The second-order valence-electron chi connectivity index (χ2n) is 7.04. The van der Waals surface area contributed by atoms with Gasteiger partial charge in [0.25, 0.3) is 11.8 Å². The Morgan fingerprint density at radius 3 is 2.12 bits per heavy atom. The van der Waals surface area contributed by atoms with Gasteiger partial charge >= 0.3 is 5.97 Å². The number of rotatable bonds is 6. The molecule has 32 heavy (non-hydrogen) atoms. The Labute approximate surface area is 183 Å². The van der Waals surface area contributed by atoms with Crippen LogP contribution in [0.5, 0.6) is 11.5 Å². The second kappa shape index (κ2) is 8.73. The Hall–Kier alpha value is -4.46. The molecule has 1 heterocycles. The van der Waals surface area contributed by atoms with Crippen LogP contribution < -0.4 is 10.1 Å². The minimum Gasteiger partial charge on any atom is -0.507 e. The summed E-state index contributed by atoms with van der Waals surface area (Å²) in [5, 5.41) is 12.7. The van der Waals surface area contributed by atoms with Crippen molar-refractivity contribution in [2.75, 3.05) is 11.9 Å². The minimum atomic E-state index is -0.739. The molecule has 1 aliphatic rings. The number of nitrogens with zero attached hydrogens (tertiary/aromatic N) is 1. The van der Waals surface area contributed by atoms with E-state index in [1.54, 1.807) is 54.6 Å². The van der Waals surface area contributed by atoms with Crippen LogP contribution in [0.1, 0.15) is 37.5 Å². The number of hydrogen-bond donors (Lipinski definition) is 2. The van der Waals surface area contributed by atoms with Gasteiger partial charge in [0.15, 0.2) is 0 Å². The van der Waals surface area contributed by atoms with Crippen LogP contribution in [0, 0.1) is 0 Å². The van der Waals surface area contributed by atoms with E-state index < -0.39 is 23.7 Å². The highest BCUT2D eigenvalue weighted by molar-refractivity contribution is 6.21. The first kappa shape index (κ1) is 20.8. The van der Waals surface area contributed by atoms with Gasteiger partial charge in [0.1, 0.15) is 17.1 Å². The molecule has 0 atom stereocenters. The number of amides is 3. The zero-order chi connectivity index (χ0) is 22.7. The lowest BCUT2D eigenvalue weighted by Gasteiger charge is -2.14. The number of phenolic OH excluding ortho intramolecular Hbond substituents is 1. The van der Waals surface area contributed by atoms with E-state index in [0.29, 0.717) is 16.9 Å². The van der Waals surface area contributed by atoms with Gasteiger partial charge in [-0.25, -0.2) is 4.79 Å². The van der Waals surface area contributed by atoms with Gasteiger partial charge in [-0.3, -0.25) is 19.3 Å². The largest absolute Gasteiger partial charge is 0.507 e. The first-order chi connectivity index (χ1) is 15.4. The standard InChI is InChI=1S/C24H18N2O6/c27-20-14-15(10-11-19(20)24(31)32-16-6-2-1-3-7-16)25-21(28)12-13-26-22(29)17-8-4-5-9-18(17)23(26)30/h1-11,14,27H,12-13H2,(H,25,28). The molecule has 3 aromatic rings. The van der Waals surface area contributed by atoms with E-state index in [0.717, 1.165) is 4.90 Å². The SMILES string of the molecule is O=C(CCN1C(=O)c2ccccc2C1=O)Nc1ccc(C(=O)Oc2ccccc2)c(O)c1. The van der Waals surface area contributed by atoms with E-state index in [4.69, 9.17) is 4.74 Å². The highest BCUT2D eigenvalue weighted by Gasteiger charge is 2.34. The number of nitrogens with one attached hydrogen (secondary N) is 1. The molecule has 2 N–H and O–H groups in total. The summed E-state index contributed by atoms with van der Waals surface area (Å²) in [7, 11) is 0. The Morgan fingerprint density at radius 2 is 1.50 bits per heavy atom. The number of esters is 1. The van der Waals surface area contributed by atoms with Crippen LogP contribution in [0.15, 0.2) is 72.8 Å². The summed E-state index contributed by atoms with van der Waals surface area (Å²) in [4.78, 5) is 50.3. The van der Waals surface area contributed by atoms with E-state index in [9.17, 15) is 24.3 Å². The molecule has 4 rings (SSSR count). The van der Waals surface area contributed by atoms with Gasteiger partial charge in [0.05, 0.1) is 11.1 Å². The smallest absolute Gasteiger partial charge is 0.347 e. The number of anilines is 1. The summed E-state index contributed by atoms with van der Waals surface area (Å²) in [6.45, 7) is -0.0777. The maximum Gasteiger partial charge on any atom is 0.347 e. The fraction of sp³-hybridized carbons (Fsp3) is 0.0833. The Balaban J connectivity index is 1.35. The average molecular weight is 430 g/mol. The monoisotopic (exact) mass is 430 g/mol. The number of imide groups is 1. The zero-order valence-corrected chi connectivity index (χ0v) is 16.8. The molecule has 1 aliphatic heterocycles. The highest BCUT2D eigenvalue weighted by Crippen LogP contribution is 2.25. The molecule has 0 aromatic heterocycles. The van der Waals surface area contributed by atoms with Crippen molar-refractivity contribution in [3.63, 3.8) is 0 Å². The fourth-order valence-corrected chi connectivity index (χ4v) is 3.31. The number of hydrogen-bond acceptors (Lipinski definition) is 6. The minimum absolute atomic E-state index is 0.0575. The van der Waals surface area contributed by atoms with Gasteiger partial charge < -0.3 is 15.2 Å². The third-order valence-corrected chi connectivity index (χ3v) is 4.90. The summed E-state index contributed by atoms with van der Waals surface area (Å²) in [6.07, 6.45) is -0.121. The lowest BCUT2D eigenvalue weighted by Crippen LogP contribution is -2.32. The van der Waals surface area contributed by atoms with Crippen molar-refractivity contribution in [1.82, 2.24) is 4.90 Å². The normalized spacial score (nSPS) is 12.4. The van der Waals surface area contributed by atoms with Crippen molar-refractivity contribution in [2.24, 2.45) is 0 Å². The zero-order valence-electron chi connectivity index (χ0n) is 16.8. The molecule has 0 spiro atoms. The van der Waals surface area contributed by atoms with Gasteiger partial charge in [-0.1, -0.05) is 30.3 Å². The lowest BCUT2D eigenvalue weighted by molar-refractivity contribution is -0.116. The molecule has 3 aromatic carbocycles. The Morgan fingerprint density at radius 1 is 0.875 bits per heavy atom. The van der Waals surface area contributed by atoms with E-state index in [-0.39, 0.29) is 30.0 Å². The fourth-order valence-electron chi connectivity index (χ4n) is 3.31. The van der Waals surface area contributed by atoms with Crippen molar-refractivity contribution in [3.05, 3.63) is 89.5 Å². The summed E-state index contributed by atoms with van der Waals surface area (Å²) >= 11 is 0. The molecular weight excluding hydrogens is 412 g/mol. The predicted octanol–water partition coefficient (Wildman–Crippen LogP) is 3.24. The highest BCUT2D eigenvalue weighted by atomic mass is 16.5. The molecule has 3 amide bonds. The van der Waals surface area contributed by atoms with Crippen LogP contribution >= 0.6 is 0 Å². The maximum absolute atomic E-state index is 12.4. The number of phenols is 1. The van der Waals surface area contributed by atoms with Crippen LogP contribution in [0.2, 0.25) is 0 Å².